The molecule has 0 aliphatic carbocycles. The smallest absolute Gasteiger partial charge is 0.291 e. The highest BCUT2D eigenvalue weighted by Gasteiger charge is 2.18. The van der Waals surface area contributed by atoms with Gasteiger partial charge in [-0.15, -0.1) is 0 Å². The van der Waals surface area contributed by atoms with Gasteiger partial charge >= 0.3 is 0 Å². The summed E-state index contributed by atoms with van der Waals surface area (Å²) < 4.78 is 33.1. The van der Waals surface area contributed by atoms with Gasteiger partial charge in [-0.3, -0.25) is 4.79 Å². The number of rotatable bonds is 4. The summed E-state index contributed by atoms with van der Waals surface area (Å²) in [7, 11) is 1.50. The van der Waals surface area contributed by atoms with Crippen LogP contribution in [0.1, 0.15) is 23.4 Å². The normalized spacial score (nSPS) is 13.0. The zero-order chi connectivity index (χ0) is 20.8. The van der Waals surface area contributed by atoms with Gasteiger partial charge in [-0.05, 0) is 68.4 Å². The monoisotopic (exact) mass is 399 g/mol. The van der Waals surface area contributed by atoms with E-state index in [1.54, 1.807) is 0 Å². The highest BCUT2D eigenvalue weighted by Crippen LogP contribution is 2.28. The van der Waals surface area contributed by atoms with Crippen molar-refractivity contribution in [3.63, 3.8) is 0 Å². The third-order valence-electron chi connectivity index (χ3n) is 4.64. The maximum Gasteiger partial charge on any atom is 0.291 e. The zero-order valence-corrected chi connectivity index (χ0v) is 16.1. The minimum atomic E-state index is -0.742. The van der Waals surface area contributed by atoms with E-state index in [1.807, 2.05) is 24.3 Å². The molecule has 4 rings (SSSR count). The maximum absolute atomic E-state index is 13.9. The number of furan rings is 1. The predicted molar refractivity (Wildman–Crippen MR) is 110 cm³/mol. The van der Waals surface area contributed by atoms with Gasteiger partial charge in [0.05, 0.1) is 5.56 Å². The predicted octanol–water partition coefficient (Wildman–Crippen LogP) is 4.65. The number of nitrogens with two attached hydrogens (primary N) is 1. The topological polar surface area (TPSA) is 71.5 Å². The lowest BCUT2D eigenvalue weighted by Gasteiger charge is -2.17. The Hall–Kier alpha value is -3.19. The molecule has 1 aromatic heterocycles. The molecule has 1 aliphatic rings. The number of amides is 1. The number of nitrogens with zero attached hydrogens (tertiary/aromatic N) is 1. The second kappa shape index (κ2) is 9.34. The highest BCUT2D eigenvalue weighted by atomic mass is 19.1. The van der Waals surface area contributed by atoms with E-state index >= 15 is 0 Å². The van der Waals surface area contributed by atoms with Gasteiger partial charge in [-0.2, -0.15) is 0 Å². The van der Waals surface area contributed by atoms with Crippen LogP contribution in [0.15, 0.2) is 59.0 Å². The van der Waals surface area contributed by atoms with Crippen molar-refractivity contribution in [3.05, 3.63) is 72.0 Å². The van der Waals surface area contributed by atoms with Crippen LogP contribution in [-0.4, -0.2) is 26.0 Å². The minimum absolute atomic E-state index is 0.0173. The first-order valence-electron chi connectivity index (χ1n) is 9.40. The molecule has 1 fully saturated rings. The Morgan fingerprint density at radius 3 is 2.21 bits per heavy atom. The summed E-state index contributed by atoms with van der Waals surface area (Å²) in [6, 6.07) is 13.9. The van der Waals surface area contributed by atoms with Crippen molar-refractivity contribution in [2.45, 2.75) is 12.8 Å². The molecule has 1 amide bonds. The van der Waals surface area contributed by atoms with Crippen LogP contribution < -0.4 is 16.0 Å². The van der Waals surface area contributed by atoms with E-state index in [0.717, 1.165) is 30.9 Å². The van der Waals surface area contributed by atoms with Crippen molar-refractivity contribution in [1.29, 1.82) is 0 Å². The van der Waals surface area contributed by atoms with Crippen molar-refractivity contribution in [1.82, 2.24) is 0 Å². The molecule has 0 saturated carbocycles. The van der Waals surface area contributed by atoms with Crippen LogP contribution in [0, 0.1) is 11.6 Å². The second-order valence-corrected chi connectivity index (χ2v) is 6.46. The van der Waals surface area contributed by atoms with Gasteiger partial charge in [0.15, 0.2) is 5.76 Å². The number of hydrogen-bond acceptors (Lipinski definition) is 4. The van der Waals surface area contributed by atoms with Gasteiger partial charge in [0.2, 0.25) is 0 Å². The van der Waals surface area contributed by atoms with Crippen molar-refractivity contribution in [2.75, 3.05) is 30.4 Å². The van der Waals surface area contributed by atoms with Gasteiger partial charge < -0.3 is 20.4 Å². The molecule has 0 atom stereocenters. The molecule has 3 aromatic rings. The highest BCUT2D eigenvalue weighted by molar-refractivity contribution is 6.02. The fourth-order valence-corrected chi connectivity index (χ4v) is 3.25. The molecule has 5 nitrogen and oxygen atoms in total. The number of carbonyl (C=O) groups is 1. The lowest BCUT2D eigenvalue weighted by Crippen LogP contribution is -2.17. The summed E-state index contributed by atoms with van der Waals surface area (Å²) in [5, 5.41) is 2.73. The summed E-state index contributed by atoms with van der Waals surface area (Å²) >= 11 is 0. The second-order valence-electron chi connectivity index (χ2n) is 6.46. The SMILES string of the molecule is CN.O=C(Nc1ccc(N2CCCC2)cc1)c1ccc(-c2c(F)cccc2F)o1. The fourth-order valence-electron chi connectivity index (χ4n) is 3.25. The van der Waals surface area contributed by atoms with Crippen molar-refractivity contribution >= 4 is 17.3 Å². The number of benzene rings is 2. The Bertz CT molecular complexity index is 944. The van der Waals surface area contributed by atoms with E-state index in [0.29, 0.717) is 5.69 Å². The average molecular weight is 399 g/mol. The van der Waals surface area contributed by atoms with Crippen LogP contribution in [-0.2, 0) is 0 Å². The molecule has 0 unspecified atom stereocenters. The average Bonchev–Trinajstić information content (AvgIpc) is 3.43. The molecule has 2 heterocycles. The summed E-state index contributed by atoms with van der Waals surface area (Å²) in [5.41, 5.74) is 5.96. The van der Waals surface area contributed by atoms with Crippen LogP contribution in [0.5, 0.6) is 0 Å². The van der Waals surface area contributed by atoms with Crippen LogP contribution in [0.2, 0.25) is 0 Å². The van der Waals surface area contributed by atoms with E-state index in [1.165, 1.54) is 38.1 Å². The van der Waals surface area contributed by atoms with Crippen LogP contribution >= 0.6 is 0 Å². The van der Waals surface area contributed by atoms with Gasteiger partial charge in [-0.25, -0.2) is 8.78 Å². The molecule has 0 radical (unpaired) electrons. The van der Waals surface area contributed by atoms with Gasteiger partial charge in [0.25, 0.3) is 5.91 Å². The quantitative estimate of drug-likeness (QED) is 0.670. The first-order chi connectivity index (χ1) is 14.1. The van der Waals surface area contributed by atoms with E-state index in [9.17, 15) is 13.6 Å². The largest absolute Gasteiger partial charge is 0.451 e. The first-order valence-corrected chi connectivity index (χ1v) is 9.40. The third-order valence-corrected chi connectivity index (χ3v) is 4.64. The molecular formula is C22H23F2N3O2. The van der Waals surface area contributed by atoms with Gasteiger partial charge in [0, 0.05) is 24.5 Å². The van der Waals surface area contributed by atoms with Crippen LogP contribution in [0.4, 0.5) is 20.2 Å². The number of hydrogen-bond donors (Lipinski definition) is 2. The molecule has 0 spiro atoms. The molecular weight excluding hydrogens is 376 g/mol. The zero-order valence-electron chi connectivity index (χ0n) is 16.1. The Kier molecular flexibility index (Phi) is 6.61. The molecule has 7 heteroatoms. The number of nitrogens with one attached hydrogen (secondary N) is 1. The fraction of sp³-hybridized carbons (Fsp3) is 0.227. The Balaban J connectivity index is 0.00000117. The summed E-state index contributed by atoms with van der Waals surface area (Å²) in [4.78, 5) is 14.7. The van der Waals surface area contributed by atoms with Crippen molar-refractivity contribution in [2.24, 2.45) is 5.73 Å². The van der Waals surface area contributed by atoms with E-state index in [2.05, 4.69) is 16.0 Å². The molecule has 29 heavy (non-hydrogen) atoms. The van der Waals surface area contributed by atoms with Crippen molar-refractivity contribution < 1.29 is 18.0 Å². The van der Waals surface area contributed by atoms with Gasteiger partial charge in [-0.1, -0.05) is 6.07 Å². The van der Waals surface area contributed by atoms with Crippen molar-refractivity contribution in [3.8, 4) is 11.3 Å². The molecule has 1 saturated heterocycles. The number of anilines is 2. The Labute approximate surface area is 168 Å². The molecule has 1 aliphatic heterocycles. The molecule has 3 N–H and O–H groups in total. The lowest BCUT2D eigenvalue weighted by molar-refractivity contribution is 0.0997. The molecule has 2 aromatic carbocycles. The van der Waals surface area contributed by atoms with Crippen LogP contribution in [0.25, 0.3) is 11.3 Å². The Morgan fingerprint density at radius 2 is 1.59 bits per heavy atom. The maximum atomic E-state index is 13.9. The van der Waals surface area contributed by atoms with E-state index in [-0.39, 0.29) is 17.1 Å². The van der Waals surface area contributed by atoms with Crippen LogP contribution in [0.3, 0.4) is 0 Å². The third kappa shape index (κ3) is 4.63. The first kappa shape index (κ1) is 20.5. The standard InChI is InChI=1S/C21H18F2N2O2.CH5N/c22-16-4-3-5-17(23)20(16)18-10-11-19(27-18)21(26)24-14-6-8-15(9-7-14)25-12-1-2-13-25;1-2/h3-11H,1-2,12-13H2,(H,24,26);2H2,1H3. The van der Waals surface area contributed by atoms with E-state index < -0.39 is 17.5 Å². The molecule has 152 valence electrons. The summed E-state index contributed by atoms with van der Waals surface area (Å²) in [6.45, 7) is 2.10. The molecule has 0 bridgehead atoms. The summed E-state index contributed by atoms with van der Waals surface area (Å²) in [6.07, 6.45) is 2.39. The Morgan fingerprint density at radius 1 is 0.966 bits per heavy atom. The summed E-state index contributed by atoms with van der Waals surface area (Å²) in [5.74, 6) is -2.01. The lowest BCUT2D eigenvalue weighted by atomic mass is 10.1. The number of carbonyl (C=O) groups excluding carboxylic acids is 1. The van der Waals surface area contributed by atoms with Gasteiger partial charge in [0.1, 0.15) is 17.4 Å². The number of halogens is 2. The minimum Gasteiger partial charge on any atom is -0.451 e. The van der Waals surface area contributed by atoms with E-state index in [4.69, 9.17) is 4.42 Å².